The van der Waals surface area contributed by atoms with Gasteiger partial charge in [0.25, 0.3) is 5.91 Å². The summed E-state index contributed by atoms with van der Waals surface area (Å²) in [5.41, 5.74) is -1.50. The molecule has 0 bridgehead atoms. The van der Waals surface area contributed by atoms with Crippen molar-refractivity contribution in [2.75, 3.05) is 12.9 Å². The van der Waals surface area contributed by atoms with E-state index in [0.29, 0.717) is 5.56 Å². The van der Waals surface area contributed by atoms with Crippen LogP contribution >= 0.6 is 11.6 Å². The Labute approximate surface area is 127 Å². The Morgan fingerprint density at radius 2 is 1.81 bits per heavy atom. The zero-order valence-corrected chi connectivity index (χ0v) is 12.7. The van der Waals surface area contributed by atoms with E-state index in [2.05, 4.69) is 5.32 Å². The highest BCUT2D eigenvalue weighted by Gasteiger charge is 2.24. The van der Waals surface area contributed by atoms with Gasteiger partial charge in [-0.15, -0.1) is 0 Å². The minimum Gasteiger partial charge on any atom is -0.394 e. The molecule has 3 atom stereocenters. The number of rotatable bonds is 6. The molecule has 9 heteroatoms. The van der Waals surface area contributed by atoms with Crippen LogP contribution in [0, 0.1) is 0 Å². The van der Waals surface area contributed by atoms with Gasteiger partial charge >= 0.3 is 0 Å². The van der Waals surface area contributed by atoms with Gasteiger partial charge in [-0.25, -0.2) is 8.42 Å². The molecule has 0 aliphatic carbocycles. The number of benzene rings is 1. The molecule has 0 saturated carbocycles. The first kappa shape index (κ1) is 17.9. The average molecular weight is 338 g/mol. The number of carbonyl (C=O) groups excluding carboxylic acids is 1. The molecule has 21 heavy (non-hydrogen) atoms. The van der Waals surface area contributed by atoms with Crippen LogP contribution in [-0.4, -0.2) is 54.1 Å². The maximum Gasteiger partial charge on any atom is 0.264 e. The Morgan fingerprint density at radius 1 is 1.29 bits per heavy atom. The molecule has 0 aromatic heterocycles. The monoisotopic (exact) mass is 337 g/mol. The van der Waals surface area contributed by atoms with Crippen LogP contribution in [0.2, 0.25) is 0 Å². The quantitative estimate of drug-likeness (QED) is 0.502. The fourth-order valence-electron chi connectivity index (χ4n) is 1.62. The molecular weight excluding hydrogens is 322 g/mol. The van der Waals surface area contributed by atoms with Crippen molar-refractivity contribution in [3.63, 3.8) is 0 Å². The first-order valence-corrected chi connectivity index (χ1v) is 8.21. The van der Waals surface area contributed by atoms with Crippen LogP contribution in [0.15, 0.2) is 29.2 Å². The second kappa shape index (κ2) is 7.19. The predicted molar refractivity (Wildman–Crippen MR) is 75.4 cm³/mol. The number of hydrogen-bond acceptors (Lipinski definition) is 6. The molecule has 0 fully saturated rings. The summed E-state index contributed by atoms with van der Waals surface area (Å²) in [5.74, 6) is -0.956. The van der Waals surface area contributed by atoms with E-state index in [0.717, 1.165) is 6.26 Å². The van der Waals surface area contributed by atoms with Crippen molar-refractivity contribution in [2.24, 2.45) is 0 Å². The number of aliphatic hydroxyl groups excluding tert-OH is 3. The van der Waals surface area contributed by atoms with Gasteiger partial charge in [0.15, 0.2) is 9.84 Å². The molecule has 118 valence electrons. The summed E-state index contributed by atoms with van der Waals surface area (Å²) in [6.07, 6.45) is -0.236. The lowest BCUT2D eigenvalue weighted by Gasteiger charge is -2.23. The molecule has 0 aliphatic heterocycles. The van der Waals surface area contributed by atoms with E-state index < -0.39 is 40.1 Å². The van der Waals surface area contributed by atoms with E-state index in [4.69, 9.17) is 16.7 Å². The van der Waals surface area contributed by atoms with Gasteiger partial charge in [0.05, 0.1) is 17.5 Å². The highest BCUT2D eigenvalue weighted by atomic mass is 35.5. The largest absolute Gasteiger partial charge is 0.394 e. The molecule has 1 unspecified atom stereocenters. The molecule has 0 saturated heterocycles. The maximum absolute atomic E-state index is 11.3. The van der Waals surface area contributed by atoms with Crippen molar-refractivity contribution < 1.29 is 28.5 Å². The lowest BCUT2D eigenvalue weighted by molar-refractivity contribution is -0.127. The number of alkyl halides is 1. The van der Waals surface area contributed by atoms with Crippen LogP contribution in [0.1, 0.15) is 11.7 Å². The van der Waals surface area contributed by atoms with Gasteiger partial charge in [-0.3, -0.25) is 4.79 Å². The molecule has 7 nitrogen and oxygen atoms in total. The highest BCUT2D eigenvalue weighted by Crippen LogP contribution is 2.19. The van der Waals surface area contributed by atoms with Crippen molar-refractivity contribution in [3.05, 3.63) is 29.8 Å². The van der Waals surface area contributed by atoms with E-state index in [1.54, 1.807) is 0 Å². The Kier molecular flexibility index (Phi) is 6.11. The van der Waals surface area contributed by atoms with Crippen LogP contribution in [0.4, 0.5) is 0 Å². The number of sulfone groups is 1. The number of aliphatic hydroxyl groups is 3. The van der Waals surface area contributed by atoms with Gasteiger partial charge in [-0.2, -0.15) is 0 Å². The molecule has 4 N–H and O–H groups in total. The number of halogens is 1. The van der Waals surface area contributed by atoms with E-state index >= 15 is 0 Å². The molecular formula is C12H16ClNO6S. The van der Waals surface area contributed by atoms with E-state index in [-0.39, 0.29) is 4.90 Å². The van der Waals surface area contributed by atoms with E-state index in [9.17, 15) is 23.4 Å². The molecule has 0 heterocycles. The van der Waals surface area contributed by atoms with Crippen LogP contribution in [0.3, 0.4) is 0 Å². The molecule has 1 aromatic carbocycles. The summed E-state index contributed by atoms with van der Waals surface area (Å²) in [4.78, 5) is 11.3. The summed E-state index contributed by atoms with van der Waals surface area (Å²) >= 11 is 5.16. The van der Waals surface area contributed by atoms with Gasteiger partial charge in [0, 0.05) is 6.26 Å². The van der Waals surface area contributed by atoms with Crippen molar-refractivity contribution >= 4 is 27.3 Å². The fraction of sp³-hybridized carbons (Fsp3) is 0.417. The van der Waals surface area contributed by atoms with Crippen LogP contribution < -0.4 is 5.32 Å². The van der Waals surface area contributed by atoms with Gasteiger partial charge in [-0.05, 0) is 17.7 Å². The average Bonchev–Trinajstić information content (AvgIpc) is 2.42. The Morgan fingerprint density at radius 3 is 2.19 bits per heavy atom. The topological polar surface area (TPSA) is 124 Å². The first-order chi connectivity index (χ1) is 9.66. The fourth-order valence-corrected chi connectivity index (χ4v) is 2.31. The van der Waals surface area contributed by atoms with Crippen molar-refractivity contribution in [1.29, 1.82) is 0 Å². The predicted octanol–water partition coefficient (Wildman–Crippen LogP) is -0.842. The minimum absolute atomic E-state index is 0.0826. The highest BCUT2D eigenvalue weighted by molar-refractivity contribution is 7.90. The summed E-state index contributed by atoms with van der Waals surface area (Å²) < 4.78 is 22.6. The normalized spacial score (nSPS) is 16.0. The first-order valence-electron chi connectivity index (χ1n) is 5.88. The number of nitrogens with one attached hydrogen (secondary N) is 1. The molecule has 1 rings (SSSR count). The SMILES string of the molecule is CS(=O)(=O)c1ccc([C@@H](O)[C@@H](CO)NC(=O)C(O)Cl)cc1. The van der Waals surface area contributed by atoms with Crippen molar-refractivity contribution in [3.8, 4) is 0 Å². The summed E-state index contributed by atoms with van der Waals surface area (Å²) in [7, 11) is -3.35. The van der Waals surface area contributed by atoms with Crippen LogP contribution in [0.25, 0.3) is 0 Å². The second-order valence-corrected chi connectivity index (χ2v) is 6.85. The number of amides is 1. The zero-order valence-electron chi connectivity index (χ0n) is 11.1. The zero-order chi connectivity index (χ0) is 16.2. The van der Waals surface area contributed by atoms with Crippen LogP contribution in [-0.2, 0) is 14.6 Å². The van der Waals surface area contributed by atoms with Gasteiger partial charge in [0.2, 0.25) is 5.56 Å². The standard InChI is InChI=1S/C12H16ClNO6S/c1-21(19,20)8-4-2-7(3-5-8)10(16)9(6-15)14-12(18)11(13)17/h2-5,9-11,15-17H,6H2,1H3,(H,14,18)/t9-,10-,11?/m1/s1. The lowest BCUT2D eigenvalue weighted by Crippen LogP contribution is -2.45. The Bertz CT molecular complexity index is 586. The summed E-state index contributed by atoms with van der Waals surface area (Å²) in [5, 5.41) is 30.3. The molecule has 0 aliphatic rings. The number of carbonyl (C=O) groups is 1. The number of hydrogen-bond donors (Lipinski definition) is 4. The Hall–Kier alpha value is -1.19. The summed E-state index contributed by atoms with van der Waals surface area (Å²) in [6.45, 7) is -0.593. The molecule has 1 amide bonds. The second-order valence-electron chi connectivity index (χ2n) is 4.42. The molecule has 1 aromatic rings. The van der Waals surface area contributed by atoms with E-state index in [1.165, 1.54) is 24.3 Å². The molecule has 0 radical (unpaired) electrons. The molecule has 0 spiro atoms. The third-order valence-corrected chi connectivity index (χ3v) is 4.10. The summed E-state index contributed by atoms with van der Waals surface area (Å²) in [6, 6.07) is 4.26. The smallest absolute Gasteiger partial charge is 0.264 e. The van der Waals surface area contributed by atoms with Crippen molar-refractivity contribution in [1.82, 2.24) is 5.32 Å². The van der Waals surface area contributed by atoms with Crippen molar-refractivity contribution in [2.45, 2.75) is 22.6 Å². The third-order valence-electron chi connectivity index (χ3n) is 2.77. The maximum atomic E-state index is 11.3. The van der Waals surface area contributed by atoms with Gasteiger partial charge in [0.1, 0.15) is 6.10 Å². The minimum atomic E-state index is -3.35. The van der Waals surface area contributed by atoms with Gasteiger partial charge in [-0.1, -0.05) is 23.7 Å². The Balaban J connectivity index is 2.90. The third kappa shape index (κ3) is 4.94. The van der Waals surface area contributed by atoms with Gasteiger partial charge < -0.3 is 20.6 Å². The van der Waals surface area contributed by atoms with E-state index in [1.807, 2.05) is 0 Å². The van der Waals surface area contributed by atoms with Crippen LogP contribution in [0.5, 0.6) is 0 Å². The lowest BCUT2D eigenvalue weighted by atomic mass is 10.0.